The third-order valence-corrected chi connectivity index (χ3v) is 5.57. The molecule has 10 heteroatoms. The van der Waals surface area contributed by atoms with Crippen LogP contribution in [0.25, 0.3) is 0 Å². The van der Waals surface area contributed by atoms with Gasteiger partial charge >= 0.3 is 18.0 Å². The Labute approximate surface area is 199 Å². The van der Waals surface area contributed by atoms with Gasteiger partial charge in [0.25, 0.3) is 0 Å². The molecule has 0 fully saturated rings. The van der Waals surface area contributed by atoms with Crippen LogP contribution in [-0.4, -0.2) is 57.7 Å². The molecule has 9 nitrogen and oxygen atoms in total. The Hall–Kier alpha value is -2.75. The molecule has 186 valence electrons. The predicted octanol–water partition coefficient (Wildman–Crippen LogP) is 3.22. The normalized spacial score (nSPS) is 13.6. The predicted molar refractivity (Wildman–Crippen MR) is 131 cm³/mol. The van der Waals surface area contributed by atoms with Gasteiger partial charge in [-0.05, 0) is 53.4 Å². The minimum absolute atomic E-state index is 0.120. The number of allylic oxidation sites excluding steroid dienone is 5. The van der Waals surface area contributed by atoms with Crippen molar-refractivity contribution in [1.82, 2.24) is 10.6 Å². The lowest BCUT2D eigenvalue weighted by atomic mass is 10.1. The Morgan fingerprint density at radius 2 is 1.39 bits per heavy atom. The van der Waals surface area contributed by atoms with Crippen LogP contribution in [0, 0.1) is 0 Å². The minimum atomic E-state index is -1.53. The van der Waals surface area contributed by atoms with Gasteiger partial charge in [-0.2, -0.15) is 11.8 Å². The van der Waals surface area contributed by atoms with E-state index < -0.39 is 42.4 Å². The number of carboxylic acid groups (broad SMARTS) is 2. The lowest BCUT2D eigenvalue weighted by Crippen LogP contribution is -2.49. The molecule has 0 saturated heterocycles. The van der Waals surface area contributed by atoms with Gasteiger partial charge in [-0.1, -0.05) is 34.9 Å². The molecular weight excluding hydrogens is 446 g/mol. The van der Waals surface area contributed by atoms with Crippen molar-refractivity contribution in [2.45, 2.75) is 71.9 Å². The SMILES string of the molecule is CC(C)=CCC/C(C)=C/CC/C(C)=C/CSC[C@H](NC(=O)CC(NC(N)=O)C(=O)O)C(=O)O. The van der Waals surface area contributed by atoms with Crippen molar-refractivity contribution in [3.8, 4) is 0 Å². The standard InChI is InChI=1S/C23H37N3O6S/c1-15(2)7-5-8-16(3)9-6-10-17(4)11-12-33-14-19(22(30)31)25-20(27)13-18(21(28)29)26-23(24)32/h7,9,11,18-19H,5-6,8,10,12-14H2,1-4H3,(H,25,27)(H,28,29)(H,30,31)(H3,24,26,32)/b16-9+,17-11+/t18?,19-/m0/s1. The largest absolute Gasteiger partial charge is 0.480 e. The molecule has 0 rings (SSSR count). The summed E-state index contributed by atoms with van der Waals surface area (Å²) in [4.78, 5) is 45.3. The number of carboxylic acids is 2. The molecule has 2 atom stereocenters. The second-order valence-corrected chi connectivity index (χ2v) is 9.13. The smallest absolute Gasteiger partial charge is 0.327 e. The quantitative estimate of drug-likeness (QED) is 0.166. The van der Waals surface area contributed by atoms with Crippen molar-refractivity contribution >= 4 is 35.6 Å². The number of hydrogen-bond acceptors (Lipinski definition) is 5. The van der Waals surface area contributed by atoms with E-state index in [1.54, 1.807) is 0 Å². The number of carbonyl (C=O) groups excluding carboxylic acids is 2. The average Bonchev–Trinajstić information content (AvgIpc) is 2.68. The number of hydrogen-bond donors (Lipinski definition) is 5. The molecule has 0 bridgehead atoms. The maximum absolute atomic E-state index is 12.0. The van der Waals surface area contributed by atoms with E-state index in [1.165, 1.54) is 28.5 Å². The summed E-state index contributed by atoms with van der Waals surface area (Å²) < 4.78 is 0. The van der Waals surface area contributed by atoms with Crippen LogP contribution in [0.3, 0.4) is 0 Å². The first kappa shape index (κ1) is 30.2. The third kappa shape index (κ3) is 16.5. The highest BCUT2D eigenvalue weighted by molar-refractivity contribution is 7.99. The van der Waals surface area contributed by atoms with E-state index in [9.17, 15) is 24.3 Å². The Morgan fingerprint density at radius 1 is 0.848 bits per heavy atom. The lowest BCUT2D eigenvalue weighted by molar-refractivity contribution is -0.142. The fraction of sp³-hybridized carbons (Fsp3) is 0.565. The van der Waals surface area contributed by atoms with Gasteiger partial charge in [0.05, 0.1) is 6.42 Å². The van der Waals surface area contributed by atoms with Crippen LogP contribution in [-0.2, 0) is 14.4 Å². The number of carbonyl (C=O) groups is 4. The first-order chi connectivity index (χ1) is 15.4. The van der Waals surface area contributed by atoms with Crippen LogP contribution in [0.1, 0.15) is 59.8 Å². The maximum atomic E-state index is 12.0. The van der Waals surface area contributed by atoms with E-state index in [0.717, 1.165) is 25.7 Å². The highest BCUT2D eigenvalue weighted by atomic mass is 32.2. The highest BCUT2D eigenvalue weighted by Gasteiger charge is 2.26. The number of nitrogens with two attached hydrogens (primary N) is 1. The maximum Gasteiger partial charge on any atom is 0.327 e. The fourth-order valence-electron chi connectivity index (χ4n) is 2.71. The van der Waals surface area contributed by atoms with Gasteiger partial charge in [0, 0.05) is 11.5 Å². The summed E-state index contributed by atoms with van der Waals surface area (Å²) in [5.74, 6) is -2.75. The lowest BCUT2D eigenvalue weighted by Gasteiger charge is -2.16. The van der Waals surface area contributed by atoms with Gasteiger partial charge < -0.3 is 26.6 Å². The zero-order chi connectivity index (χ0) is 25.4. The Bertz CT molecular complexity index is 772. The van der Waals surface area contributed by atoms with Crippen molar-refractivity contribution in [2.75, 3.05) is 11.5 Å². The van der Waals surface area contributed by atoms with E-state index in [4.69, 9.17) is 10.8 Å². The molecule has 33 heavy (non-hydrogen) atoms. The molecule has 6 N–H and O–H groups in total. The van der Waals surface area contributed by atoms with Crippen LogP contribution in [0.4, 0.5) is 4.79 Å². The zero-order valence-corrected chi connectivity index (χ0v) is 20.7. The van der Waals surface area contributed by atoms with E-state index in [0.29, 0.717) is 5.75 Å². The van der Waals surface area contributed by atoms with Crippen molar-refractivity contribution in [3.63, 3.8) is 0 Å². The summed E-state index contributed by atoms with van der Waals surface area (Å²) in [7, 11) is 0. The van der Waals surface area contributed by atoms with Crippen molar-refractivity contribution in [2.24, 2.45) is 5.73 Å². The summed E-state index contributed by atoms with van der Waals surface area (Å²) in [6, 6.07) is -3.79. The summed E-state index contributed by atoms with van der Waals surface area (Å²) in [6.45, 7) is 8.35. The van der Waals surface area contributed by atoms with Crippen molar-refractivity contribution in [3.05, 3.63) is 34.9 Å². The first-order valence-corrected chi connectivity index (χ1v) is 11.9. The number of rotatable bonds is 16. The van der Waals surface area contributed by atoms with Gasteiger partial charge in [-0.25, -0.2) is 14.4 Å². The van der Waals surface area contributed by atoms with Crippen LogP contribution in [0.15, 0.2) is 34.9 Å². The molecule has 0 aliphatic carbocycles. The molecule has 0 spiro atoms. The Kier molecular flexibility index (Phi) is 15.4. The number of primary amides is 1. The molecule has 0 aromatic heterocycles. The van der Waals surface area contributed by atoms with E-state index in [1.807, 2.05) is 18.3 Å². The molecule has 0 aliphatic rings. The van der Waals surface area contributed by atoms with E-state index >= 15 is 0 Å². The summed E-state index contributed by atoms with van der Waals surface area (Å²) >= 11 is 1.35. The number of nitrogens with one attached hydrogen (secondary N) is 2. The van der Waals surface area contributed by atoms with Crippen molar-refractivity contribution < 1.29 is 29.4 Å². The first-order valence-electron chi connectivity index (χ1n) is 10.8. The van der Waals surface area contributed by atoms with Gasteiger partial charge in [-0.15, -0.1) is 0 Å². The van der Waals surface area contributed by atoms with Crippen LogP contribution >= 0.6 is 11.8 Å². The third-order valence-electron chi connectivity index (χ3n) is 4.59. The topological polar surface area (TPSA) is 159 Å². The van der Waals surface area contributed by atoms with Gasteiger partial charge in [0.2, 0.25) is 5.91 Å². The van der Waals surface area contributed by atoms with E-state index in [-0.39, 0.29) is 5.75 Å². The monoisotopic (exact) mass is 483 g/mol. The fourth-order valence-corrected chi connectivity index (χ4v) is 3.71. The molecular formula is C23H37N3O6S. The zero-order valence-electron chi connectivity index (χ0n) is 19.8. The van der Waals surface area contributed by atoms with E-state index in [2.05, 4.69) is 38.2 Å². The molecule has 0 heterocycles. The minimum Gasteiger partial charge on any atom is -0.480 e. The Balaban J connectivity index is 4.46. The number of thioether (sulfide) groups is 1. The molecule has 0 radical (unpaired) electrons. The number of aliphatic carboxylic acids is 2. The molecule has 0 aromatic rings. The summed E-state index contributed by atoms with van der Waals surface area (Å²) in [5, 5.41) is 22.5. The number of urea groups is 1. The molecule has 1 unspecified atom stereocenters. The van der Waals surface area contributed by atoms with Gasteiger partial charge in [-0.3, -0.25) is 4.79 Å². The van der Waals surface area contributed by atoms with Gasteiger partial charge in [0.1, 0.15) is 12.1 Å². The van der Waals surface area contributed by atoms with Crippen LogP contribution in [0.5, 0.6) is 0 Å². The average molecular weight is 484 g/mol. The summed E-state index contributed by atoms with van der Waals surface area (Å²) in [6.07, 6.45) is 9.87. The second-order valence-electron chi connectivity index (χ2n) is 8.06. The molecule has 3 amide bonds. The molecule has 0 aromatic carbocycles. The Morgan fingerprint density at radius 3 is 1.91 bits per heavy atom. The highest BCUT2D eigenvalue weighted by Crippen LogP contribution is 2.13. The van der Waals surface area contributed by atoms with Crippen LogP contribution < -0.4 is 16.4 Å². The number of amides is 3. The van der Waals surface area contributed by atoms with Crippen molar-refractivity contribution in [1.29, 1.82) is 0 Å². The van der Waals surface area contributed by atoms with Gasteiger partial charge in [0.15, 0.2) is 0 Å². The molecule has 0 saturated carbocycles. The second kappa shape index (κ2) is 16.8. The van der Waals surface area contributed by atoms with Crippen LogP contribution in [0.2, 0.25) is 0 Å². The molecule has 0 aliphatic heterocycles. The summed E-state index contributed by atoms with van der Waals surface area (Å²) in [5.41, 5.74) is 8.78.